The second kappa shape index (κ2) is 11.5. The SMILES string of the molecule is Cc1cc(C)c(C)c(S(=O)(=O)Nc2ccccc2C(=O)N2CCN(Cc3ccc4c(c3)OCO4)CC2)c1C.Cl. The van der Waals surface area contributed by atoms with Crippen molar-refractivity contribution >= 4 is 34.0 Å². The molecular formula is C29H34ClN3O5S. The lowest BCUT2D eigenvalue weighted by molar-refractivity contribution is 0.0629. The molecule has 3 aromatic rings. The highest BCUT2D eigenvalue weighted by Crippen LogP contribution is 2.33. The van der Waals surface area contributed by atoms with E-state index in [1.165, 1.54) is 0 Å². The maximum absolute atomic E-state index is 13.5. The van der Waals surface area contributed by atoms with Crippen molar-refractivity contribution < 1.29 is 22.7 Å². The van der Waals surface area contributed by atoms with Gasteiger partial charge < -0.3 is 14.4 Å². The van der Waals surface area contributed by atoms with Crippen molar-refractivity contribution in [1.29, 1.82) is 0 Å². The van der Waals surface area contributed by atoms with Gasteiger partial charge in [0.1, 0.15) is 0 Å². The fraction of sp³-hybridized carbons (Fsp3) is 0.345. The first-order chi connectivity index (χ1) is 18.1. The van der Waals surface area contributed by atoms with Crippen LogP contribution in [0.4, 0.5) is 5.69 Å². The number of aryl methyl sites for hydroxylation is 2. The Labute approximate surface area is 236 Å². The van der Waals surface area contributed by atoms with Crippen molar-refractivity contribution in [3.05, 3.63) is 81.9 Å². The lowest BCUT2D eigenvalue weighted by Crippen LogP contribution is -2.48. The lowest BCUT2D eigenvalue weighted by atomic mass is 10.0. The molecule has 0 atom stereocenters. The largest absolute Gasteiger partial charge is 0.454 e. The van der Waals surface area contributed by atoms with Gasteiger partial charge in [-0.15, -0.1) is 12.4 Å². The molecule has 3 aromatic carbocycles. The van der Waals surface area contributed by atoms with Crippen LogP contribution in [0.15, 0.2) is 53.4 Å². The number of carbonyl (C=O) groups is 1. The number of fused-ring (bicyclic) bond motifs is 1. The molecule has 0 spiro atoms. The second-order valence-electron chi connectivity index (χ2n) is 10.00. The van der Waals surface area contributed by atoms with E-state index in [9.17, 15) is 13.2 Å². The summed E-state index contributed by atoms with van der Waals surface area (Å²) in [4.78, 5) is 17.9. The molecule has 1 N–H and O–H groups in total. The minimum absolute atomic E-state index is 0. The zero-order chi connectivity index (χ0) is 27.0. The van der Waals surface area contributed by atoms with E-state index < -0.39 is 10.0 Å². The maximum atomic E-state index is 13.5. The fourth-order valence-electron chi connectivity index (χ4n) is 5.12. The number of para-hydroxylation sites is 1. The predicted octanol–water partition coefficient (Wildman–Crippen LogP) is 4.83. The van der Waals surface area contributed by atoms with Crippen LogP contribution in [-0.4, -0.2) is 57.1 Å². The predicted molar refractivity (Wildman–Crippen MR) is 154 cm³/mol. The van der Waals surface area contributed by atoms with Crippen molar-refractivity contribution in [3.8, 4) is 11.5 Å². The smallest absolute Gasteiger partial charge is 0.262 e. The van der Waals surface area contributed by atoms with Gasteiger partial charge >= 0.3 is 0 Å². The molecule has 2 heterocycles. The molecular weight excluding hydrogens is 538 g/mol. The third-order valence-electron chi connectivity index (χ3n) is 7.47. The molecule has 0 unspecified atom stereocenters. The van der Waals surface area contributed by atoms with Gasteiger partial charge in [0.25, 0.3) is 15.9 Å². The molecule has 208 valence electrons. The van der Waals surface area contributed by atoms with Crippen LogP contribution in [0, 0.1) is 27.7 Å². The molecule has 0 bridgehead atoms. The number of rotatable bonds is 6. The number of nitrogens with one attached hydrogen (secondary N) is 1. The minimum Gasteiger partial charge on any atom is -0.454 e. The Morgan fingerprint density at radius 1 is 0.872 bits per heavy atom. The van der Waals surface area contributed by atoms with Crippen LogP contribution in [0.1, 0.15) is 38.2 Å². The Balaban J connectivity index is 0.00000353. The van der Waals surface area contributed by atoms with Crippen molar-refractivity contribution in [2.75, 3.05) is 37.7 Å². The van der Waals surface area contributed by atoms with Crippen LogP contribution in [-0.2, 0) is 16.6 Å². The molecule has 0 saturated carbocycles. The molecule has 0 aromatic heterocycles. The van der Waals surface area contributed by atoms with E-state index in [1.54, 1.807) is 29.2 Å². The number of anilines is 1. The number of hydrogen-bond donors (Lipinski definition) is 1. The average Bonchev–Trinajstić information content (AvgIpc) is 3.36. The Morgan fingerprint density at radius 2 is 1.51 bits per heavy atom. The van der Waals surface area contributed by atoms with E-state index in [0.717, 1.165) is 47.8 Å². The molecule has 2 aliphatic heterocycles. The van der Waals surface area contributed by atoms with Gasteiger partial charge in [-0.25, -0.2) is 8.42 Å². The number of carbonyl (C=O) groups excluding carboxylic acids is 1. The monoisotopic (exact) mass is 571 g/mol. The normalized spacial score (nSPS) is 15.1. The zero-order valence-electron chi connectivity index (χ0n) is 22.6. The Bertz CT molecular complexity index is 1470. The molecule has 39 heavy (non-hydrogen) atoms. The van der Waals surface area contributed by atoms with Gasteiger partial charge in [-0.1, -0.05) is 24.3 Å². The third kappa shape index (κ3) is 5.85. The van der Waals surface area contributed by atoms with Gasteiger partial charge in [0.15, 0.2) is 11.5 Å². The van der Waals surface area contributed by atoms with Crippen LogP contribution in [0.2, 0.25) is 0 Å². The van der Waals surface area contributed by atoms with Crippen molar-refractivity contribution in [2.45, 2.75) is 39.1 Å². The van der Waals surface area contributed by atoms with Crippen LogP contribution in [0.25, 0.3) is 0 Å². The van der Waals surface area contributed by atoms with Crippen LogP contribution in [0.5, 0.6) is 11.5 Å². The number of ether oxygens (including phenoxy) is 2. The molecule has 8 nitrogen and oxygen atoms in total. The number of amides is 1. The summed E-state index contributed by atoms with van der Waals surface area (Å²) in [6, 6.07) is 14.8. The Hall–Kier alpha value is -3.27. The molecule has 0 aliphatic carbocycles. The summed E-state index contributed by atoms with van der Waals surface area (Å²) in [5, 5.41) is 0. The molecule has 10 heteroatoms. The first kappa shape index (κ1) is 28.7. The summed E-state index contributed by atoms with van der Waals surface area (Å²) in [6.07, 6.45) is 0. The van der Waals surface area contributed by atoms with Gasteiger partial charge in [-0.3, -0.25) is 14.4 Å². The number of benzene rings is 3. The molecule has 5 rings (SSSR count). The summed E-state index contributed by atoms with van der Waals surface area (Å²) >= 11 is 0. The first-order valence-corrected chi connectivity index (χ1v) is 14.2. The number of piperazine rings is 1. The number of hydrogen-bond acceptors (Lipinski definition) is 6. The van der Waals surface area contributed by atoms with Crippen LogP contribution in [0.3, 0.4) is 0 Å². The summed E-state index contributed by atoms with van der Waals surface area (Å²) in [7, 11) is -3.90. The van der Waals surface area contributed by atoms with Crippen LogP contribution < -0.4 is 14.2 Å². The summed E-state index contributed by atoms with van der Waals surface area (Å²) in [5.74, 6) is 1.35. The van der Waals surface area contributed by atoms with Gasteiger partial charge in [0, 0.05) is 32.7 Å². The van der Waals surface area contributed by atoms with E-state index >= 15 is 0 Å². The van der Waals surface area contributed by atoms with Gasteiger partial charge in [-0.2, -0.15) is 0 Å². The van der Waals surface area contributed by atoms with Gasteiger partial charge in [-0.05, 0) is 79.8 Å². The molecule has 0 radical (unpaired) electrons. The van der Waals surface area contributed by atoms with Crippen molar-refractivity contribution in [3.63, 3.8) is 0 Å². The molecule has 1 saturated heterocycles. The fourth-order valence-corrected chi connectivity index (χ4v) is 6.81. The Morgan fingerprint density at radius 3 is 2.21 bits per heavy atom. The van der Waals surface area contributed by atoms with Gasteiger partial charge in [0.05, 0.1) is 16.1 Å². The zero-order valence-corrected chi connectivity index (χ0v) is 24.2. The highest BCUT2D eigenvalue weighted by atomic mass is 35.5. The van der Waals surface area contributed by atoms with E-state index in [1.807, 2.05) is 52.0 Å². The minimum atomic E-state index is -3.90. The number of halogens is 1. The Kier molecular flexibility index (Phi) is 8.44. The van der Waals surface area contributed by atoms with Crippen molar-refractivity contribution in [1.82, 2.24) is 9.80 Å². The number of nitrogens with zero attached hydrogens (tertiary/aromatic N) is 2. The number of sulfonamides is 1. The molecule has 2 aliphatic rings. The summed E-state index contributed by atoms with van der Waals surface area (Å²) in [6.45, 7) is 11.0. The maximum Gasteiger partial charge on any atom is 0.262 e. The average molecular weight is 572 g/mol. The standard InChI is InChI=1S/C29H33N3O5S.ClH/c1-19-15-20(2)22(4)28(21(19)3)38(34,35)30-25-8-6-5-7-24(25)29(33)32-13-11-31(12-14-32)17-23-9-10-26-27(16-23)37-18-36-26;/h5-10,15-16,30H,11-14,17-18H2,1-4H3;1H. The van der Waals surface area contributed by atoms with E-state index in [-0.39, 0.29) is 30.0 Å². The van der Waals surface area contributed by atoms with E-state index in [2.05, 4.69) is 9.62 Å². The topological polar surface area (TPSA) is 88.2 Å². The molecule has 1 fully saturated rings. The third-order valence-corrected chi connectivity index (χ3v) is 9.11. The van der Waals surface area contributed by atoms with Gasteiger partial charge in [0.2, 0.25) is 6.79 Å². The van der Waals surface area contributed by atoms with Crippen molar-refractivity contribution in [2.24, 2.45) is 0 Å². The first-order valence-electron chi connectivity index (χ1n) is 12.7. The van der Waals surface area contributed by atoms with E-state index in [0.29, 0.717) is 35.5 Å². The van der Waals surface area contributed by atoms with E-state index in [4.69, 9.17) is 9.47 Å². The highest BCUT2D eigenvalue weighted by molar-refractivity contribution is 7.92. The second-order valence-corrected chi connectivity index (χ2v) is 11.6. The lowest BCUT2D eigenvalue weighted by Gasteiger charge is -2.35. The summed E-state index contributed by atoms with van der Waals surface area (Å²) in [5.41, 5.74) is 5.02. The molecule has 1 amide bonds. The quantitative estimate of drug-likeness (QED) is 0.456. The van der Waals surface area contributed by atoms with Crippen LogP contribution >= 0.6 is 12.4 Å². The highest BCUT2D eigenvalue weighted by Gasteiger charge is 2.27. The summed E-state index contributed by atoms with van der Waals surface area (Å²) < 4.78 is 40.6.